The van der Waals surface area contributed by atoms with Gasteiger partial charge in [0.1, 0.15) is 17.4 Å². The fourth-order valence-electron chi connectivity index (χ4n) is 4.97. The van der Waals surface area contributed by atoms with Crippen LogP contribution >= 0.6 is 38.9 Å². The molecule has 0 radical (unpaired) electrons. The van der Waals surface area contributed by atoms with Crippen LogP contribution in [0.5, 0.6) is 5.75 Å². The Labute approximate surface area is 253 Å². The van der Waals surface area contributed by atoms with E-state index in [1.165, 1.54) is 4.88 Å². The van der Waals surface area contributed by atoms with Gasteiger partial charge in [-0.2, -0.15) is 0 Å². The molecule has 1 heterocycles. The summed E-state index contributed by atoms with van der Waals surface area (Å²) in [7, 11) is 0. The van der Waals surface area contributed by atoms with Crippen LogP contribution in [0.25, 0.3) is 0 Å². The maximum absolute atomic E-state index is 13.6. The summed E-state index contributed by atoms with van der Waals surface area (Å²) in [6, 6.07) is 23.1. The molecule has 206 valence electrons. The molecule has 4 nitrogen and oxygen atoms in total. The molecular formula is C33H32BrClN2O2S. The summed E-state index contributed by atoms with van der Waals surface area (Å²) in [5.41, 5.74) is 4.69. The average Bonchev–Trinajstić information content (AvgIpc) is 3.30. The molecule has 1 atom stereocenters. The van der Waals surface area contributed by atoms with E-state index < -0.39 is 0 Å². The standard InChI is InChI=1S/C33H32BrClN2O2S/c1-33(2,3)23-14-15-25-29(18-23)40-32(30(25)31(38)37-24-10-5-4-6-11-24)36-19-21-13-16-28(26(34)17-21)39-20-22-9-7-8-12-27(22)35/h4-13,16-17,19,23H,14-15,18,20H2,1-3H3,(H,37,38)/t23-/m0/s1. The number of ether oxygens (including phenoxy) is 1. The van der Waals surface area contributed by atoms with E-state index in [1.54, 1.807) is 11.3 Å². The number of hydrogen-bond donors (Lipinski definition) is 1. The number of anilines is 1. The van der Waals surface area contributed by atoms with Crippen LogP contribution in [-0.4, -0.2) is 12.1 Å². The summed E-state index contributed by atoms with van der Waals surface area (Å²) in [5, 5.41) is 4.52. The Hall–Kier alpha value is -2.93. The van der Waals surface area contributed by atoms with E-state index in [2.05, 4.69) is 42.0 Å². The molecule has 1 aliphatic carbocycles. The number of carbonyl (C=O) groups is 1. The second-order valence-electron chi connectivity index (χ2n) is 11.1. The predicted octanol–water partition coefficient (Wildman–Crippen LogP) is 9.90. The van der Waals surface area contributed by atoms with Crippen molar-refractivity contribution in [3.05, 3.63) is 109 Å². The third-order valence-electron chi connectivity index (χ3n) is 7.36. The summed E-state index contributed by atoms with van der Waals surface area (Å²) in [6.07, 6.45) is 4.77. The quantitative estimate of drug-likeness (QED) is 0.206. The third-order valence-corrected chi connectivity index (χ3v) is 9.51. The molecule has 0 unspecified atom stereocenters. The van der Waals surface area contributed by atoms with Crippen molar-refractivity contribution in [3.63, 3.8) is 0 Å². The van der Waals surface area contributed by atoms with Crippen LogP contribution in [-0.2, 0) is 19.4 Å². The molecule has 3 aromatic carbocycles. The van der Waals surface area contributed by atoms with Crippen LogP contribution in [0.15, 0.2) is 82.3 Å². The first-order valence-electron chi connectivity index (χ1n) is 13.4. The smallest absolute Gasteiger partial charge is 0.259 e. The Bertz CT molecular complexity index is 1540. The normalized spacial score (nSPS) is 15.2. The molecular weight excluding hydrogens is 604 g/mol. The molecule has 5 rings (SSSR count). The summed E-state index contributed by atoms with van der Waals surface area (Å²) < 4.78 is 6.82. The first kappa shape index (κ1) is 28.6. The number of rotatable bonds is 7. The zero-order valence-electron chi connectivity index (χ0n) is 22.8. The predicted molar refractivity (Wildman–Crippen MR) is 171 cm³/mol. The van der Waals surface area contributed by atoms with Gasteiger partial charge in [-0.1, -0.05) is 68.8 Å². The van der Waals surface area contributed by atoms with Gasteiger partial charge in [0.2, 0.25) is 0 Å². The lowest BCUT2D eigenvalue weighted by Gasteiger charge is -2.33. The maximum Gasteiger partial charge on any atom is 0.259 e. The number of carbonyl (C=O) groups excluding carboxylic acids is 1. The van der Waals surface area contributed by atoms with Crippen molar-refractivity contribution in [3.8, 4) is 5.75 Å². The first-order chi connectivity index (χ1) is 19.2. The van der Waals surface area contributed by atoms with E-state index >= 15 is 0 Å². The van der Waals surface area contributed by atoms with Crippen molar-refractivity contribution in [1.82, 2.24) is 0 Å². The molecule has 0 saturated carbocycles. The maximum atomic E-state index is 13.6. The van der Waals surface area contributed by atoms with Gasteiger partial charge in [-0.25, -0.2) is 4.99 Å². The number of thiophene rings is 1. The Morgan fingerprint density at radius 2 is 1.88 bits per heavy atom. The minimum Gasteiger partial charge on any atom is -0.488 e. The molecule has 1 aliphatic rings. The fraction of sp³-hybridized carbons (Fsp3) is 0.273. The summed E-state index contributed by atoms with van der Waals surface area (Å²) >= 11 is 11.5. The van der Waals surface area contributed by atoms with Crippen molar-refractivity contribution in [2.45, 2.75) is 46.6 Å². The largest absolute Gasteiger partial charge is 0.488 e. The van der Waals surface area contributed by atoms with Gasteiger partial charge in [-0.15, -0.1) is 11.3 Å². The Morgan fingerprint density at radius 3 is 2.60 bits per heavy atom. The lowest BCUT2D eigenvalue weighted by Crippen LogP contribution is -2.27. The zero-order valence-corrected chi connectivity index (χ0v) is 26.0. The van der Waals surface area contributed by atoms with Gasteiger partial charge in [0.15, 0.2) is 0 Å². The molecule has 1 N–H and O–H groups in total. The number of fused-ring (bicyclic) bond motifs is 1. The number of hydrogen-bond acceptors (Lipinski definition) is 4. The van der Waals surface area contributed by atoms with E-state index in [9.17, 15) is 4.79 Å². The molecule has 40 heavy (non-hydrogen) atoms. The Morgan fingerprint density at radius 1 is 1.12 bits per heavy atom. The van der Waals surface area contributed by atoms with Crippen molar-refractivity contribution in [1.29, 1.82) is 0 Å². The van der Waals surface area contributed by atoms with Crippen LogP contribution in [0.4, 0.5) is 10.7 Å². The number of nitrogens with zero attached hydrogens (tertiary/aromatic N) is 1. The van der Waals surface area contributed by atoms with Crippen molar-refractivity contribution in [2.24, 2.45) is 16.3 Å². The molecule has 7 heteroatoms. The molecule has 1 amide bonds. The summed E-state index contributed by atoms with van der Waals surface area (Å²) in [5.74, 6) is 1.20. The van der Waals surface area contributed by atoms with Crippen molar-refractivity contribution < 1.29 is 9.53 Å². The lowest BCUT2D eigenvalue weighted by atomic mass is 9.72. The molecule has 1 aromatic heterocycles. The number of nitrogens with one attached hydrogen (secondary N) is 1. The number of aliphatic imine (C=N–C) groups is 1. The Kier molecular flexibility index (Phi) is 8.79. The van der Waals surface area contributed by atoms with E-state index in [0.717, 1.165) is 56.9 Å². The summed E-state index contributed by atoms with van der Waals surface area (Å²) in [4.78, 5) is 19.7. The SMILES string of the molecule is CC(C)(C)[C@H]1CCc2c(sc(N=Cc3ccc(OCc4ccccc4Cl)c(Br)c3)c2C(=O)Nc2ccccc2)C1. The van der Waals surface area contributed by atoms with Gasteiger partial charge < -0.3 is 10.1 Å². The molecule has 0 saturated heterocycles. The van der Waals surface area contributed by atoms with Crippen LogP contribution in [0, 0.1) is 11.3 Å². The molecule has 4 aromatic rings. The molecule has 0 spiro atoms. The lowest BCUT2D eigenvalue weighted by molar-refractivity contribution is 0.102. The minimum absolute atomic E-state index is 0.102. The van der Waals surface area contributed by atoms with E-state index in [4.69, 9.17) is 21.3 Å². The molecule has 0 bridgehead atoms. The highest BCUT2D eigenvalue weighted by Gasteiger charge is 2.33. The van der Waals surface area contributed by atoms with E-state index in [-0.39, 0.29) is 11.3 Å². The molecule has 0 fully saturated rings. The van der Waals surface area contributed by atoms with Crippen LogP contribution in [0.2, 0.25) is 5.02 Å². The average molecular weight is 636 g/mol. The van der Waals surface area contributed by atoms with Crippen molar-refractivity contribution >= 4 is 61.7 Å². The van der Waals surface area contributed by atoms with Gasteiger partial charge in [-0.3, -0.25) is 4.79 Å². The second kappa shape index (κ2) is 12.3. The minimum atomic E-state index is -0.102. The zero-order chi connectivity index (χ0) is 28.3. The topological polar surface area (TPSA) is 50.7 Å². The third kappa shape index (κ3) is 6.68. The van der Waals surface area contributed by atoms with E-state index in [0.29, 0.717) is 23.1 Å². The number of benzene rings is 3. The molecule has 0 aliphatic heterocycles. The second-order valence-corrected chi connectivity index (χ2v) is 13.5. The van der Waals surface area contributed by atoms with Gasteiger partial charge >= 0.3 is 0 Å². The van der Waals surface area contributed by atoms with E-state index in [1.807, 2.05) is 79.0 Å². The van der Waals surface area contributed by atoms with Crippen molar-refractivity contribution in [2.75, 3.05) is 5.32 Å². The summed E-state index contributed by atoms with van der Waals surface area (Å²) in [6.45, 7) is 7.29. The highest BCUT2D eigenvalue weighted by Crippen LogP contribution is 2.45. The number of halogens is 2. The first-order valence-corrected chi connectivity index (χ1v) is 15.4. The van der Waals surface area contributed by atoms with Crippen LogP contribution in [0.1, 0.15) is 59.1 Å². The van der Waals surface area contributed by atoms with Crippen LogP contribution in [0.3, 0.4) is 0 Å². The number of para-hydroxylation sites is 1. The highest BCUT2D eigenvalue weighted by molar-refractivity contribution is 9.10. The monoisotopic (exact) mass is 634 g/mol. The van der Waals surface area contributed by atoms with Gasteiger partial charge in [-0.05, 0) is 94.1 Å². The number of amides is 1. The fourth-order valence-corrected chi connectivity index (χ4v) is 6.94. The van der Waals surface area contributed by atoms with Gasteiger partial charge in [0, 0.05) is 27.4 Å². The van der Waals surface area contributed by atoms with Gasteiger partial charge in [0.25, 0.3) is 5.91 Å². The highest BCUT2D eigenvalue weighted by atomic mass is 79.9. The Balaban J connectivity index is 1.39. The van der Waals surface area contributed by atoms with Crippen LogP contribution < -0.4 is 10.1 Å². The van der Waals surface area contributed by atoms with Gasteiger partial charge in [0.05, 0.1) is 10.0 Å².